The van der Waals surface area contributed by atoms with Crippen molar-refractivity contribution in [1.29, 1.82) is 0 Å². The highest BCUT2D eigenvalue weighted by Gasteiger charge is 2.15. The third kappa shape index (κ3) is 6.30. The highest BCUT2D eigenvalue weighted by Crippen LogP contribution is 2.25. The molecule has 0 fully saturated rings. The molecule has 0 bridgehead atoms. The first kappa shape index (κ1) is 18.5. The lowest BCUT2D eigenvalue weighted by molar-refractivity contribution is 0.103. The van der Waals surface area contributed by atoms with E-state index in [1.807, 2.05) is 41.4 Å². The normalized spacial score (nSPS) is 11.1. The number of carbonyl (C=O) groups is 1. The Labute approximate surface area is 150 Å². The lowest BCUT2D eigenvalue weighted by Crippen LogP contribution is -2.13. The van der Waals surface area contributed by atoms with Gasteiger partial charge in [0.25, 0.3) is 0 Å². The molecule has 0 aliphatic rings. The summed E-state index contributed by atoms with van der Waals surface area (Å²) < 4.78 is 0. The van der Waals surface area contributed by atoms with E-state index in [0.29, 0.717) is 0 Å². The Morgan fingerprint density at radius 1 is 1.22 bits per heavy atom. The highest BCUT2D eigenvalue weighted by atomic mass is 32.2. The van der Waals surface area contributed by atoms with Crippen molar-refractivity contribution in [2.75, 3.05) is 37.9 Å². The van der Waals surface area contributed by atoms with Crippen molar-refractivity contribution in [3.05, 3.63) is 46.3 Å². The van der Waals surface area contributed by atoms with Crippen LogP contribution in [0.4, 0.5) is 0 Å². The molecule has 0 amide bonds. The predicted octanol–water partition coefficient (Wildman–Crippen LogP) is 4.15. The van der Waals surface area contributed by atoms with Crippen LogP contribution in [0.15, 0.2) is 40.9 Å². The Hall–Kier alpha value is -0.820. The van der Waals surface area contributed by atoms with Crippen molar-refractivity contribution in [3.8, 4) is 0 Å². The zero-order valence-electron chi connectivity index (χ0n) is 13.5. The maximum absolute atomic E-state index is 12.5. The number of aromatic nitrogens is 1. The Morgan fingerprint density at radius 3 is 2.83 bits per heavy atom. The number of pyridine rings is 1. The Kier molecular flexibility index (Phi) is 8.16. The van der Waals surface area contributed by atoms with Gasteiger partial charge < -0.3 is 4.90 Å². The molecule has 0 aliphatic heterocycles. The van der Waals surface area contributed by atoms with Crippen molar-refractivity contribution in [1.82, 2.24) is 9.88 Å². The van der Waals surface area contributed by atoms with Crippen LogP contribution in [0.1, 0.15) is 21.7 Å². The fraction of sp³-hybridized carbons (Fsp3) is 0.412. The van der Waals surface area contributed by atoms with E-state index in [1.54, 1.807) is 18.0 Å². The largest absolute Gasteiger partial charge is 0.309 e. The van der Waals surface area contributed by atoms with Gasteiger partial charge in [-0.05, 0) is 56.4 Å². The Bertz CT molecular complexity index is 600. The van der Waals surface area contributed by atoms with Gasteiger partial charge in [0.05, 0.1) is 10.4 Å². The van der Waals surface area contributed by atoms with Crippen LogP contribution in [0.5, 0.6) is 0 Å². The average molecular weight is 367 g/mol. The van der Waals surface area contributed by atoms with Crippen LogP contribution in [0.25, 0.3) is 0 Å². The fourth-order valence-corrected chi connectivity index (χ4v) is 4.67. The summed E-state index contributed by atoms with van der Waals surface area (Å²) in [6, 6.07) is 7.49. The molecule has 2 heterocycles. The van der Waals surface area contributed by atoms with Gasteiger partial charge in [0, 0.05) is 17.7 Å². The first-order chi connectivity index (χ1) is 11.2. The van der Waals surface area contributed by atoms with Crippen molar-refractivity contribution in [2.45, 2.75) is 11.4 Å². The Morgan fingerprint density at radius 2 is 2.09 bits per heavy atom. The molecular weight excluding hydrogens is 344 g/mol. The van der Waals surface area contributed by atoms with Gasteiger partial charge in [0.15, 0.2) is 0 Å². The highest BCUT2D eigenvalue weighted by molar-refractivity contribution is 8.02. The van der Waals surface area contributed by atoms with E-state index in [2.05, 4.69) is 24.0 Å². The Balaban J connectivity index is 1.81. The molecule has 2 rings (SSSR count). The lowest BCUT2D eigenvalue weighted by atomic mass is 10.1. The molecule has 0 aliphatic carbocycles. The molecule has 2 aromatic heterocycles. The van der Waals surface area contributed by atoms with Crippen LogP contribution >= 0.6 is 34.9 Å². The number of thiophene rings is 1. The van der Waals surface area contributed by atoms with E-state index in [0.717, 1.165) is 33.5 Å². The van der Waals surface area contributed by atoms with E-state index in [4.69, 9.17) is 0 Å². The molecule has 0 N–H and O–H groups in total. The van der Waals surface area contributed by atoms with Crippen molar-refractivity contribution in [2.24, 2.45) is 0 Å². The number of thioether (sulfide) groups is 2. The number of hydrogen-bond acceptors (Lipinski definition) is 6. The number of rotatable bonds is 10. The molecule has 6 heteroatoms. The summed E-state index contributed by atoms with van der Waals surface area (Å²) in [6.07, 6.45) is 2.98. The average Bonchev–Trinajstić information content (AvgIpc) is 3.08. The quantitative estimate of drug-likeness (QED) is 0.358. The molecule has 0 unspecified atom stereocenters. The maximum atomic E-state index is 12.5. The standard InChI is InChI=1S/C17H22N2OS3/c1-19(2)9-5-10-21-12-13-23-17-14(6-3-8-18-17)16(20)15-7-4-11-22-15/h3-4,6-8,11H,5,9-10,12-13H2,1-2H3. The lowest BCUT2D eigenvalue weighted by Gasteiger charge is -2.09. The van der Waals surface area contributed by atoms with E-state index >= 15 is 0 Å². The van der Waals surface area contributed by atoms with Crippen LogP contribution in [-0.2, 0) is 0 Å². The first-order valence-corrected chi connectivity index (χ1v) is 10.6. The minimum absolute atomic E-state index is 0.0780. The summed E-state index contributed by atoms with van der Waals surface area (Å²) in [5.41, 5.74) is 0.720. The van der Waals surface area contributed by atoms with E-state index in [-0.39, 0.29) is 5.78 Å². The van der Waals surface area contributed by atoms with Crippen LogP contribution in [0.3, 0.4) is 0 Å². The fourth-order valence-electron chi connectivity index (χ4n) is 2.00. The zero-order chi connectivity index (χ0) is 16.5. The number of nitrogens with zero attached hydrogens (tertiary/aromatic N) is 2. The predicted molar refractivity (Wildman–Crippen MR) is 103 cm³/mol. The second kappa shape index (κ2) is 10.1. The maximum Gasteiger partial charge on any atom is 0.205 e. The van der Waals surface area contributed by atoms with E-state index in [9.17, 15) is 4.79 Å². The minimum Gasteiger partial charge on any atom is -0.309 e. The summed E-state index contributed by atoms with van der Waals surface area (Å²) in [7, 11) is 4.21. The van der Waals surface area contributed by atoms with Gasteiger partial charge in [-0.1, -0.05) is 6.07 Å². The summed E-state index contributed by atoms with van der Waals surface area (Å²) >= 11 is 5.13. The second-order valence-electron chi connectivity index (χ2n) is 5.28. The summed E-state index contributed by atoms with van der Waals surface area (Å²) in [4.78, 5) is 19.9. The van der Waals surface area contributed by atoms with Crippen LogP contribution < -0.4 is 0 Å². The van der Waals surface area contributed by atoms with Gasteiger partial charge in [0.2, 0.25) is 5.78 Å². The molecule has 0 spiro atoms. The van der Waals surface area contributed by atoms with Gasteiger partial charge in [-0.2, -0.15) is 11.8 Å². The zero-order valence-corrected chi connectivity index (χ0v) is 16.0. The number of carbonyl (C=O) groups excluding carboxylic acids is 1. The molecule has 0 saturated heterocycles. The summed E-state index contributed by atoms with van der Waals surface area (Å²) in [5.74, 6) is 3.33. The molecule has 3 nitrogen and oxygen atoms in total. The topological polar surface area (TPSA) is 33.2 Å². The monoisotopic (exact) mass is 366 g/mol. The van der Waals surface area contributed by atoms with Crippen LogP contribution in [0.2, 0.25) is 0 Å². The molecule has 23 heavy (non-hydrogen) atoms. The smallest absolute Gasteiger partial charge is 0.205 e. The summed E-state index contributed by atoms with van der Waals surface area (Å²) in [5, 5.41) is 2.78. The SMILES string of the molecule is CN(C)CCCSCCSc1ncccc1C(=O)c1cccs1. The molecular formula is C17H22N2OS3. The van der Waals surface area contributed by atoms with Gasteiger partial charge in [-0.15, -0.1) is 23.1 Å². The van der Waals surface area contributed by atoms with E-state index < -0.39 is 0 Å². The molecule has 0 atom stereocenters. The van der Waals surface area contributed by atoms with Gasteiger partial charge in [-0.3, -0.25) is 4.79 Å². The molecule has 124 valence electrons. The second-order valence-corrected chi connectivity index (χ2v) is 8.54. The van der Waals surface area contributed by atoms with Crippen molar-refractivity contribution >= 4 is 40.6 Å². The van der Waals surface area contributed by atoms with Crippen LogP contribution in [-0.4, -0.2) is 53.6 Å². The van der Waals surface area contributed by atoms with E-state index in [1.165, 1.54) is 23.5 Å². The first-order valence-electron chi connectivity index (χ1n) is 7.57. The summed E-state index contributed by atoms with van der Waals surface area (Å²) in [6.45, 7) is 1.14. The third-order valence-corrected chi connectivity index (χ3v) is 6.33. The minimum atomic E-state index is 0.0780. The molecule has 0 radical (unpaired) electrons. The molecule has 2 aromatic rings. The van der Waals surface area contributed by atoms with Crippen molar-refractivity contribution < 1.29 is 4.79 Å². The van der Waals surface area contributed by atoms with Gasteiger partial charge in [-0.25, -0.2) is 4.98 Å². The number of hydrogen-bond donors (Lipinski definition) is 0. The van der Waals surface area contributed by atoms with Crippen molar-refractivity contribution in [3.63, 3.8) is 0 Å². The number of ketones is 1. The van der Waals surface area contributed by atoms with Gasteiger partial charge in [0.1, 0.15) is 5.03 Å². The molecule has 0 aromatic carbocycles. The van der Waals surface area contributed by atoms with Crippen LogP contribution in [0, 0.1) is 0 Å². The van der Waals surface area contributed by atoms with Gasteiger partial charge >= 0.3 is 0 Å². The third-order valence-electron chi connectivity index (χ3n) is 3.12. The molecule has 0 saturated carbocycles.